The zero-order chi connectivity index (χ0) is 22.5. The Morgan fingerprint density at radius 3 is 1.72 bits per heavy atom. The Balaban J connectivity index is 1.07. The van der Waals surface area contributed by atoms with Gasteiger partial charge in [-0.2, -0.15) is 0 Å². The molecule has 5 saturated carbocycles. The van der Waals surface area contributed by atoms with Crippen molar-refractivity contribution < 1.29 is 14.4 Å². The van der Waals surface area contributed by atoms with E-state index >= 15 is 0 Å². The summed E-state index contributed by atoms with van der Waals surface area (Å²) in [5, 5.41) is 8.93. The fourth-order valence-electron chi connectivity index (χ4n) is 7.15. The third-order valence-electron chi connectivity index (χ3n) is 8.78. The van der Waals surface area contributed by atoms with Crippen molar-refractivity contribution in [2.45, 2.75) is 88.9 Å². The SMILES string of the molecule is C[C@H](C(=O)NC(=O)NC12CC3CC(CC(C3)C1)C2)N1CCN([C@H](C)C(=O)NC2CC2)CC1. The van der Waals surface area contributed by atoms with Gasteiger partial charge in [0.25, 0.3) is 0 Å². The van der Waals surface area contributed by atoms with E-state index in [9.17, 15) is 14.4 Å². The van der Waals surface area contributed by atoms with Crippen LogP contribution in [0.3, 0.4) is 0 Å². The zero-order valence-electron chi connectivity index (χ0n) is 19.6. The van der Waals surface area contributed by atoms with Crippen LogP contribution < -0.4 is 16.0 Å². The van der Waals surface area contributed by atoms with Gasteiger partial charge in [-0.15, -0.1) is 0 Å². The lowest BCUT2D eigenvalue weighted by atomic mass is 9.53. The fraction of sp³-hybridized carbons (Fsp3) is 0.875. The minimum atomic E-state index is -0.366. The van der Waals surface area contributed by atoms with E-state index in [1.807, 2.05) is 13.8 Å². The summed E-state index contributed by atoms with van der Waals surface area (Å²) < 4.78 is 0. The molecular formula is C24H39N5O3. The summed E-state index contributed by atoms with van der Waals surface area (Å²) in [6.45, 7) is 6.75. The summed E-state index contributed by atoms with van der Waals surface area (Å²) in [6, 6.07) is -0.463. The average molecular weight is 446 g/mol. The van der Waals surface area contributed by atoms with Crippen molar-refractivity contribution in [3.63, 3.8) is 0 Å². The molecule has 3 N–H and O–H groups in total. The molecule has 4 amide bonds. The van der Waals surface area contributed by atoms with Gasteiger partial charge in [0.05, 0.1) is 12.1 Å². The number of imide groups is 1. The molecule has 8 nitrogen and oxygen atoms in total. The number of hydrogen-bond donors (Lipinski definition) is 3. The van der Waals surface area contributed by atoms with Crippen LogP contribution in [0.5, 0.6) is 0 Å². The van der Waals surface area contributed by atoms with E-state index in [2.05, 4.69) is 25.8 Å². The summed E-state index contributed by atoms with van der Waals surface area (Å²) in [7, 11) is 0. The summed E-state index contributed by atoms with van der Waals surface area (Å²) in [5.41, 5.74) is -0.0921. The number of carbonyl (C=O) groups is 3. The highest BCUT2D eigenvalue weighted by molar-refractivity contribution is 5.97. The van der Waals surface area contributed by atoms with E-state index in [1.54, 1.807) is 0 Å². The molecule has 0 aromatic rings. The Bertz CT molecular complexity index is 723. The van der Waals surface area contributed by atoms with Crippen LogP contribution in [-0.4, -0.2) is 77.5 Å². The first-order chi connectivity index (χ1) is 15.3. The van der Waals surface area contributed by atoms with E-state index < -0.39 is 0 Å². The second kappa shape index (κ2) is 8.60. The van der Waals surface area contributed by atoms with Gasteiger partial charge >= 0.3 is 6.03 Å². The Morgan fingerprint density at radius 2 is 1.25 bits per heavy atom. The van der Waals surface area contributed by atoms with Gasteiger partial charge in [-0.1, -0.05) is 0 Å². The molecule has 4 bridgehead atoms. The minimum Gasteiger partial charge on any atom is -0.352 e. The number of nitrogens with zero attached hydrogens (tertiary/aromatic N) is 2. The standard InChI is InChI=1S/C24H39N5O3/c1-15(21(30)25-20-3-4-20)28-5-7-29(8-6-28)16(2)22(31)26-23(32)27-24-12-17-9-18(13-24)11-19(10-17)14-24/h15-20H,3-14H2,1-2H3,(H,25,30)(H2,26,27,31,32)/t15-,16-,17?,18?,19?,24?/m1/s1. The van der Waals surface area contributed by atoms with Gasteiger partial charge < -0.3 is 10.6 Å². The number of urea groups is 1. The van der Waals surface area contributed by atoms with Crippen molar-refractivity contribution in [1.29, 1.82) is 0 Å². The fourth-order valence-corrected chi connectivity index (χ4v) is 7.15. The topological polar surface area (TPSA) is 93.8 Å². The lowest BCUT2D eigenvalue weighted by Crippen LogP contribution is -2.63. The maximum atomic E-state index is 12.8. The predicted octanol–water partition coefficient (Wildman–Crippen LogP) is 1.45. The van der Waals surface area contributed by atoms with Gasteiger partial charge in [0, 0.05) is 37.8 Å². The van der Waals surface area contributed by atoms with E-state index in [4.69, 9.17) is 0 Å². The van der Waals surface area contributed by atoms with Crippen LogP contribution >= 0.6 is 0 Å². The van der Waals surface area contributed by atoms with Gasteiger partial charge in [0.2, 0.25) is 11.8 Å². The van der Waals surface area contributed by atoms with Gasteiger partial charge in [-0.05, 0) is 83.0 Å². The van der Waals surface area contributed by atoms with Crippen molar-refractivity contribution in [1.82, 2.24) is 25.8 Å². The quantitative estimate of drug-likeness (QED) is 0.576. The average Bonchev–Trinajstić information content (AvgIpc) is 3.55. The first-order valence-corrected chi connectivity index (χ1v) is 12.7. The maximum Gasteiger partial charge on any atom is 0.321 e. The van der Waals surface area contributed by atoms with Gasteiger partial charge in [-0.25, -0.2) is 4.79 Å². The number of carbonyl (C=O) groups excluding carboxylic acids is 3. The van der Waals surface area contributed by atoms with Crippen molar-refractivity contribution >= 4 is 17.8 Å². The molecule has 2 atom stereocenters. The second-order valence-corrected chi connectivity index (χ2v) is 11.3. The van der Waals surface area contributed by atoms with E-state index in [0.29, 0.717) is 19.1 Å². The number of hydrogen-bond acceptors (Lipinski definition) is 5. The molecule has 6 aliphatic rings. The molecule has 6 rings (SSSR count). The Labute approximate surface area is 191 Å². The molecule has 0 unspecified atom stereocenters. The smallest absolute Gasteiger partial charge is 0.321 e. The van der Waals surface area contributed by atoms with Crippen LogP contribution in [0.25, 0.3) is 0 Å². The molecule has 1 aliphatic heterocycles. The number of piperazine rings is 1. The molecule has 1 heterocycles. The monoisotopic (exact) mass is 445 g/mol. The highest BCUT2D eigenvalue weighted by Crippen LogP contribution is 2.55. The van der Waals surface area contributed by atoms with Crippen molar-refractivity contribution in [3.05, 3.63) is 0 Å². The molecule has 0 spiro atoms. The Hall–Kier alpha value is -1.67. The van der Waals surface area contributed by atoms with Crippen LogP contribution in [-0.2, 0) is 9.59 Å². The van der Waals surface area contributed by atoms with Crippen molar-refractivity contribution in [2.24, 2.45) is 17.8 Å². The molecule has 1 saturated heterocycles. The van der Waals surface area contributed by atoms with Crippen LogP contribution in [0, 0.1) is 17.8 Å². The zero-order valence-corrected chi connectivity index (χ0v) is 19.6. The van der Waals surface area contributed by atoms with Crippen LogP contribution in [0.4, 0.5) is 4.79 Å². The molecular weight excluding hydrogens is 406 g/mol. The van der Waals surface area contributed by atoms with Crippen LogP contribution in [0.1, 0.15) is 65.2 Å². The number of nitrogens with one attached hydrogen (secondary N) is 3. The van der Waals surface area contributed by atoms with Gasteiger partial charge in [0.1, 0.15) is 0 Å². The van der Waals surface area contributed by atoms with E-state index in [0.717, 1.165) is 62.9 Å². The Morgan fingerprint density at radius 1 is 0.781 bits per heavy atom. The summed E-state index contributed by atoms with van der Waals surface area (Å²) in [5.74, 6) is 2.12. The minimum absolute atomic E-state index is 0.0921. The van der Waals surface area contributed by atoms with Crippen LogP contribution in [0.2, 0.25) is 0 Å². The number of amides is 4. The predicted molar refractivity (Wildman–Crippen MR) is 121 cm³/mol. The molecule has 0 aromatic heterocycles. The third kappa shape index (κ3) is 4.67. The first kappa shape index (κ1) is 22.1. The molecule has 32 heavy (non-hydrogen) atoms. The summed E-state index contributed by atoms with van der Waals surface area (Å²) in [6.07, 6.45) is 9.38. The molecule has 8 heteroatoms. The lowest BCUT2D eigenvalue weighted by Gasteiger charge is -2.56. The molecule has 5 aliphatic carbocycles. The highest BCUT2D eigenvalue weighted by atomic mass is 16.2. The summed E-state index contributed by atoms with van der Waals surface area (Å²) >= 11 is 0. The molecule has 0 aromatic carbocycles. The number of rotatable bonds is 6. The largest absolute Gasteiger partial charge is 0.352 e. The Kier molecular flexibility index (Phi) is 5.95. The third-order valence-corrected chi connectivity index (χ3v) is 8.78. The van der Waals surface area contributed by atoms with Crippen molar-refractivity contribution in [3.8, 4) is 0 Å². The maximum absolute atomic E-state index is 12.8. The molecule has 178 valence electrons. The van der Waals surface area contributed by atoms with Gasteiger partial charge in [0.15, 0.2) is 0 Å². The summed E-state index contributed by atoms with van der Waals surface area (Å²) in [4.78, 5) is 42.1. The van der Waals surface area contributed by atoms with Gasteiger partial charge in [-0.3, -0.25) is 24.7 Å². The van der Waals surface area contributed by atoms with Crippen LogP contribution in [0.15, 0.2) is 0 Å². The first-order valence-electron chi connectivity index (χ1n) is 12.7. The highest BCUT2D eigenvalue weighted by Gasteiger charge is 2.51. The molecule has 6 fully saturated rings. The van der Waals surface area contributed by atoms with E-state index in [1.165, 1.54) is 19.3 Å². The molecule has 0 radical (unpaired) electrons. The second-order valence-electron chi connectivity index (χ2n) is 11.3. The van der Waals surface area contributed by atoms with E-state index in [-0.39, 0.29) is 35.5 Å². The van der Waals surface area contributed by atoms with Crippen molar-refractivity contribution in [2.75, 3.05) is 26.2 Å². The normalized spacial score (nSPS) is 36.4. The lowest BCUT2D eigenvalue weighted by molar-refractivity contribution is -0.129.